The van der Waals surface area contributed by atoms with E-state index in [0.29, 0.717) is 6.04 Å². The molecule has 2 aromatic rings. The molecule has 21 heavy (non-hydrogen) atoms. The third-order valence-corrected chi connectivity index (χ3v) is 4.18. The molecule has 0 radical (unpaired) electrons. The molecule has 3 rings (SSSR count). The molecule has 0 amide bonds. The molecule has 110 valence electrons. The van der Waals surface area contributed by atoms with Crippen LogP contribution < -0.4 is 5.32 Å². The summed E-state index contributed by atoms with van der Waals surface area (Å²) in [5.74, 6) is -0.167. The minimum atomic E-state index is -0.167. The summed E-state index contributed by atoms with van der Waals surface area (Å²) in [6.07, 6.45) is 2.53. The van der Waals surface area contributed by atoms with Gasteiger partial charge in [-0.2, -0.15) is 0 Å². The summed E-state index contributed by atoms with van der Waals surface area (Å²) in [7, 11) is 0. The molecule has 0 atom stereocenters. The Hall–Kier alpha value is -1.67. The number of hydrogen-bond acceptors (Lipinski definition) is 1. The van der Waals surface area contributed by atoms with Crippen LogP contribution in [0.5, 0.6) is 0 Å². The molecule has 0 aliphatic heterocycles. The first-order chi connectivity index (χ1) is 10.0. The fourth-order valence-electron chi connectivity index (χ4n) is 3.08. The van der Waals surface area contributed by atoms with Gasteiger partial charge in [-0.05, 0) is 73.6 Å². The Morgan fingerprint density at radius 1 is 1.05 bits per heavy atom. The van der Waals surface area contributed by atoms with Crippen molar-refractivity contribution in [3.8, 4) is 11.1 Å². The summed E-state index contributed by atoms with van der Waals surface area (Å²) in [6, 6.07) is 10.2. The van der Waals surface area contributed by atoms with Gasteiger partial charge in [-0.3, -0.25) is 0 Å². The van der Waals surface area contributed by atoms with Crippen LogP contribution in [0.2, 0.25) is 0 Å². The number of rotatable bonds is 4. The minimum absolute atomic E-state index is 0.167. The van der Waals surface area contributed by atoms with Gasteiger partial charge in [-0.25, -0.2) is 4.39 Å². The maximum Gasteiger partial charge on any atom is 0.123 e. The van der Waals surface area contributed by atoms with E-state index in [1.807, 2.05) is 6.07 Å². The lowest BCUT2D eigenvalue weighted by molar-refractivity contribution is 0.625. The highest BCUT2D eigenvalue weighted by atomic mass is 19.1. The van der Waals surface area contributed by atoms with Crippen molar-refractivity contribution in [3.63, 3.8) is 0 Å². The lowest BCUT2D eigenvalue weighted by atomic mass is 9.90. The predicted octanol–water partition coefficient (Wildman–Crippen LogP) is 4.67. The predicted molar refractivity (Wildman–Crippen MR) is 85.9 cm³/mol. The van der Waals surface area contributed by atoms with Gasteiger partial charge < -0.3 is 5.32 Å². The van der Waals surface area contributed by atoms with Gasteiger partial charge >= 0.3 is 0 Å². The van der Waals surface area contributed by atoms with Crippen LogP contribution in [-0.4, -0.2) is 6.04 Å². The number of hydrogen-bond donors (Lipinski definition) is 1. The van der Waals surface area contributed by atoms with E-state index in [1.165, 1.54) is 40.7 Å². The van der Waals surface area contributed by atoms with Crippen molar-refractivity contribution in [1.29, 1.82) is 0 Å². The molecule has 0 heterocycles. The summed E-state index contributed by atoms with van der Waals surface area (Å²) in [4.78, 5) is 0. The quantitative estimate of drug-likeness (QED) is 0.859. The topological polar surface area (TPSA) is 12.0 Å². The number of aryl methyl sites for hydroxylation is 3. The third-order valence-electron chi connectivity index (χ3n) is 4.18. The van der Waals surface area contributed by atoms with Crippen molar-refractivity contribution in [3.05, 3.63) is 58.4 Å². The molecule has 1 saturated carbocycles. The molecule has 2 heteroatoms. The van der Waals surface area contributed by atoms with Crippen LogP contribution in [0, 0.1) is 26.6 Å². The molecule has 1 N–H and O–H groups in total. The SMILES string of the molecule is Cc1cc(C)c(-c2cc(F)ccc2CNC2CC2)c(C)c1. The zero-order valence-electron chi connectivity index (χ0n) is 13.0. The first-order valence-corrected chi connectivity index (χ1v) is 7.64. The van der Waals surface area contributed by atoms with Crippen LogP contribution in [0.3, 0.4) is 0 Å². The Labute approximate surface area is 126 Å². The summed E-state index contributed by atoms with van der Waals surface area (Å²) >= 11 is 0. The van der Waals surface area contributed by atoms with Gasteiger partial charge in [-0.15, -0.1) is 0 Å². The fourth-order valence-corrected chi connectivity index (χ4v) is 3.08. The van der Waals surface area contributed by atoms with Gasteiger partial charge in [0.1, 0.15) is 5.82 Å². The standard InChI is InChI=1S/C19H22FN/c1-12-8-13(2)19(14(3)9-12)18-10-16(20)5-4-15(18)11-21-17-6-7-17/h4-5,8-10,17,21H,6-7,11H2,1-3H3. The Morgan fingerprint density at radius 2 is 1.71 bits per heavy atom. The summed E-state index contributed by atoms with van der Waals surface area (Å²) < 4.78 is 13.8. The Balaban J connectivity index is 2.05. The largest absolute Gasteiger partial charge is 0.310 e. The maximum atomic E-state index is 13.8. The van der Waals surface area contributed by atoms with Crippen LogP contribution in [0.25, 0.3) is 11.1 Å². The van der Waals surface area contributed by atoms with Crippen molar-refractivity contribution in [2.75, 3.05) is 0 Å². The van der Waals surface area contributed by atoms with Crippen molar-refractivity contribution in [2.24, 2.45) is 0 Å². The Bertz CT molecular complexity index is 648. The van der Waals surface area contributed by atoms with Gasteiger partial charge in [0.05, 0.1) is 0 Å². The molecule has 1 aliphatic carbocycles. The number of halogens is 1. The van der Waals surface area contributed by atoms with E-state index < -0.39 is 0 Å². The second kappa shape index (κ2) is 5.61. The molecule has 0 bridgehead atoms. The van der Waals surface area contributed by atoms with E-state index in [4.69, 9.17) is 0 Å². The van der Waals surface area contributed by atoms with Crippen molar-refractivity contribution < 1.29 is 4.39 Å². The highest BCUT2D eigenvalue weighted by Gasteiger charge is 2.21. The van der Waals surface area contributed by atoms with E-state index in [9.17, 15) is 4.39 Å². The molecule has 0 aromatic heterocycles. The molecule has 0 saturated heterocycles. The van der Waals surface area contributed by atoms with E-state index in [-0.39, 0.29) is 5.82 Å². The van der Waals surface area contributed by atoms with Gasteiger partial charge in [0.25, 0.3) is 0 Å². The van der Waals surface area contributed by atoms with Gasteiger partial charge in [-0.1, -0.05) is 23.8 Å². The first kappa shape index (κ1) is 14.3. The van der Waals surface area contributed by atoms with E-state index in [0.717, 1.165) is 12.1 Å². The zero-order valence-corrected chi connectivity index (χ0v) is 13.0. The average molecular weight is 283 g/mol. The second-order valence-corrected chi connectivity index (χ2v) is 6.23. The molecule has 0 spiro atoms. The Morgan fingerprint density at radius 3 is 2.33 bits per heavy atom. The maximum absolute atomic E-state index is 13.8. The molecular weight excluding hydrogens is 261 g/mol. The monoisotopic (exact) mass is 283 g/mol. The normalized spacial score (nSPS) is 14.5. The van der Waals surface area contributed by atoms with Crippen LogP contribution in [-0.2, 0) is 6.54 Å². The van der Waals surface area contributed by atoms with Gasteiger partial charge in [0, 0.05) is 12.6 Å². The Kier molecular flexibility index (Phi) is 3.81. The molecule has 2 aromatic carbocycles. The van der Waals surface area contributed by atoms with Crippen LogP contribution in [0.4, 0.5) is 4.39 Å². The third kappa shape index (κ3) is 3.16. The van der Waals surface area contributed by atoms with Crippen molar-refractivity contribution >= 4 is 0 Å². The molecule has 1 aliphatic rings. The average Bonchev–Trinajstić information content (AvgIpc) is 3.20. The lowest BCUT2D eigenvalue weighted by Gasteiger charge is -2.16. The molecule has 0 unspecified atom stereocenters. The first-order valence-electron chi connectivity index (χ1n) is 7.64. The number of nitrogens with one attached hydrogen (secondary N) is 1. The van der Waals surface area contributed by atoms with E-state index in [2.05, 4.69) is 38.2 Å². The highest BCUT2D eigenvalue weighted by molar-refractivity contribution is 5.74. The van der Waals surface area contributed by atoms with E-state index >= 15 is 0 Å². The van der Waals surface area contributed by atoms with E-state index in [1.54, 1.807) is 12.1 Å². The summed E-state index contributed by atoms with van der Waals surface area (Å²) in [5.41, 5.74) is 7.06. The van der Waals surface area contributed by atoms with Crippen molar-refractivity contribution in [1.82, 2.24) is 5.32 Å². The lowest BCUT2D eigenvalue weighted by Crippen LogP contribution is -2.16. The van der Waals surface area contributed by atoms with Crippen LogP contribution in [0.15, 0.2) is 30.3 Å². The minimum Gasteiger partial charge on any atom is -0.310 e. The molecular formula is C19H22FN. The highest BCUT2D eigenvalue weighted by Crippen LogP contribution is 2.32. The fraction of sp³-hybridized carbons (Fsp3) is 0.368. The van der Waals surface area contributed by atoms with Gasteiger partial charge in [0.15, 0.2) is 0 Å². The summed E-state index contributed by atoms with van der Waals surface area (Å²) in [5, 5.41) is 3.53. The van der Waals surface area contributed by atoms with Crippen LogP contribution in [0.1, 0.15) is 35.1 Å². The van der Waals surface area contributed by atoms with Gasteiger partial charge in [0.2, 0.25) is 0 Å². The smallest absolute Gasteiger partial charge is 0.123 e. The second-order valence-electron chi connectivity index (χ2n) is 6.23. The summed E-state index contributed by atoms with van der Waals surface area (Å²) in [6.45, 7) is 7.13. The van der Waals surface area contributed by atoms with Crippen molar-refractivity contribution in [2.45, 2.75) is 46.2 Å². The molecule has 1 fully saturated rings. The zero-order chi connectivity index (χ0) is 15.0. The molecule has 1 nitrogen and oxygen atoms in total. The number of benzene rings is 2. The van der Waals surface area contributed by atoms with Crippen LogP contribution >= 0.6 is 0 Å².